The molecule has 88 valence electrons. The molecule has 0 spiro atoms. The minimum absolute atomic E-state index is 0.472. The van der Waals surface area contributed by atoms with Crippen LogP contribution in [-0.4, -0.2) is 16.6 Å². The molecule has 0 amide bonds. The van der Waals surface area contributed by atoms with E-state index in [2.05, 4.69) is 39.3 Å². The number of hydrogen-bond acceptors (Lipinski definition) is 1. The molecule has 1 nitrogen and oxygen atoms in total. The normalized spacial score (nSPS) is 11.6. The molecule has 0 aliphatic carbocycles. The van der Waals surface area contributed by atoms with Crippen LogP contribution in [0.1, 0.15) is 0 Å². The van der Waals surface area contributed by atoms with Gasteiger partial charge >= 0.3 is 35.3 Å². The molecule has 0 unspecified atom stereocenters. The topological polar surface area (TPSA) is 9.23 Å². The average Bonchev–Trinajstić information content (AvgIpc) is 2.04. The Labute approximate surface area is 106 Å². The molecule has 0 saturated carbocycles. The van der Waals surface area contributed by atoms with Crippen molar-refractivity contribution in [3.63, 3.8) is 0 Å². The van der Waals surface area contributed by atoms with E-state index in [0.29, 0.717) is 0 Å². The number of hydrogen-bond donors (Lipinski definition) is 0. The van der Waals surface area contributed by atoms with Gasteiger partial charge in [-0.1, -0.05) is 11.4 Å². The molecule has 0 heterocycles. The molecule has 0 bridgehead atoms. The zero-order valence-electron chi connectivity index (χ0n) is 9.05. The Bertz CT molecular complexity index is 168. The second-order valence-electron chi connectivity index (χ2n) is 3.76. The Morgan fingerprint density at radius 2 is 1.21 bits per heavy atom. The van der Waals surface area contributed by atoms with Crippen LogP contribution in [0.25, 0.3) is 0 Å². The van der Waals surface area contributed by atoms with Gasteiger partial charge in [-0.25, -0.2) is 0 Å². The first kappa shape index (κ1) is 17.5. The average molecular weight is 452 g/mol. The fourth-order valence-electron chi connectivity index (χ4n) is 0.761. The van der Waals surface area contributed by atoms with E-state index < -0.39 is 33.1 Å². The number of rotatable bonds is 4. The van der Waals surface area contributed by atoms with Gasteiger partial charge in [0.25, 0.3) is 0 Å². The molecule has 0 aromatic heterocycles. The third kappa shape index (κ3) is 11.2. The van der Waals surface area contributed by atoms with Gasteiger partial charge in [-0.3, -0.25) is 0 Å². The van der Waals surface area contributed by atoms with Crippen molar-refractivity contribution < 1.29 is 20.6 Å². The first-order valence-electron chi connectivity index (χ1n) is 4.04. The van der Waals surface area contributed by atoms with E-state index in [0.717, 1.165) is 0 Å². The van der Waals surface area contributed by atoms with Crippen LogP contribution in [0.3, 0.4) is 0 Å². The summed E-state index contributed by atoms with van der Waals surface area (Å²) in [4.78, 5) is 0. The van der Waals surface area contributed by atoms with Gasteiger partial charge in [0, 0.05) is 0 Å². The van der Waals surface area contributed by atoms with E-state index >= 15 is 0 Å². The van der Waals surface area contributed by atoms with Crippen molar-refractivity contribution in [3.8, 4) is 0 Å². The summed E-state index contributed by atoms with van der Waals surface area (Å²) in [5, 5.41) is 0. The van der Waals surface area contributed by atoms with Crippen molar-refractivity contribution in [2.75, 3.05) is 0 Å². The Balaban J connectivity index is 0. The summed E-state index contributed by atoms with van der Waals surface area (Å²) in [5.74, 6) is 0. The number of halogens is 2. The van der Waals surface area contributed by atoms with Crippen LogP contribution in [0.4, 0.5) is 0 Å². The van der Waals surface area contributed by atoms with Gasteiger partial charge in [0.1, 0.15) is 0 Å². The summed E-state index contributed by atoms with van der Waals surface area (Å²) in [6, 6.07) is 0. The van der Waals surface area contributed by atoms with Gasteiger partial charge < -0.3 is 4.12 Å². The van der Waals surface area contributed by atoms with Crippen LogP contribution in [0.15, 0.2) is 24.6 Å². The Morgan fingerprint density at radius 3 is 1.36 bits per heavy atom. The Kier molecular flexibility index (Phi) is 10.4. The Morgan fingerprint density at radius 1 is 1.00 bits per heavy atom. The van der Waals surface area contributed by atoms with E-state index in [1.807, 2.05) is 11.4 Å². The first-order chi connectivity index (χ1) is 6.24. The van der Waals surface area contributed by atoms with Crippen molar-refractivity contribution in [2.45, 2.75) is 26.2 Å². The first-order valence-corrected chi connectivity index (χ1v) is 15.6. The molecule has 0 aromatic carbocycles. The van der Waals surface area contributed by atoms with Gasteiger partial charge in [0.15, 0.2) is 16.6 Å². The maximum absolute atomic E-state index is 5.97. The molecule has 0 saturated heterocycles. The summed E-state index contributed by atoms with van der Waals surface area (Å²) in [7, 11) is 6.59. The van der Waals surface area contributed by atoms with E-state index in [9.17, 15) is 0 Å². The van der Waals surface area contributed by atoms with Gasteiger partial charge in [-0.05, 0) is 26.2 Å². The van der Waals surface area contributed by atoms with Crippen molar-refractivity contribution >= 4 is 35.5 Å². The third-order valence-corrected chi connectivity index (χ3v) is 7.68. The molecular formula is C8H18Cl2OPtSi2. The van der Waals surface area contributed by atoms with Crippen LogP contribution in [-0.2, 0) is 20.6 Å². The van der Waals surface area contributed by atoms with Crippen LogP contribution in [0.2, 0.25) is 26.2 Å². The third-order valence-electron chi connectivity index (χ3n) is 1.51. The zero-order valence-corrected chi connectivity index (χ0v) is 14.8. The van der Waals surface area contributed by atoms with Gasteiger partial charge in [0.2, 0.25) is 0 Å². The quantitative estimate of drug-likeness (QED) is 0.580. The molecular weight excluding hydrogens is 434 g/mol. The predicted molar refractivity (Wildman–Crippen MR) is 68.1 cm³/mol. The van der Waals surface area contributed by atoms with E-state index in [-0.39, 0.29) is 0 Å². The molecule has 0 atom stereocenters. The summed E-state index contributed by atoms with van der Waals surface area (Å²) < 4.78 is 5.97. The molecule has 14 heavy (non-hydrogen) atoms. The van der Waals surface area contributed by atoms with Gasteiger partial charge in [0.05, 0.1) is 0 Å². The van der Waals surface area contributed by atoms with E-state index in [1.54, 1.807) is 0 Å². The van der Waals surface area contributed by atoms with Crippen molar-refractivity contribution in [2.24, 2.45) is 0 Å². The molecule has 0 aliphatic rings. The zero-order chi connectivity index (χ0) is 11.8. The van der Waals surface area contributed by atoms with Crippen LogP contribution in [0.5, 0.6) is 0 Å². The predicted octanol–water partition coefficient (Wildman–Crippen LogP) is 4.24. The van der Waals surface area contributed by atoms with Gasteiger partial charge in [-0.15, -0.1) is 13.2 Å². The van der Waals surface area contributed by atoms with Gasteiger partial charge in [-0.2, -0.15) is 0 Å². The van der Waals surface area contributed by atoms with Crippen molar-refractivity contribution in [1.82, 2.24) is 0 Å². The summed E-state index contributed by atoms with van der Waals surface area (Å²) >= 11 is -0.472. The molecule has 0 rings (SSSR count). The molecule has 0 N–H and O–H groups in total. The fourth-order valence-corrected chi connectivity index (χ4v) is 6.85. The van der Waals surface area contributed by atoms with E-state index in [4.69, 9.17) is 23.0 Å². The maximum atomic E-state index is 5.97. The van der Waals surface area contributed by atoms with Crippen LogP contribution < -0.4 is 0 Å². The fraction of sp³-hybridized carbons (Fsp3) is 0.500. The monoisotopic (exact) mass is 451 g/mol. The summed E-state index contributed by atoms with van der Waals surface area (Å²) in [6.07, 6.45) is 0. The second kappa shape index (κ2) is 8.31. The molecule has 0 radical (unpaired) electrons. The molecule has 6 heteroatoms. The molecule has 0 aliphatic heterocycles. The van der Waals surface area contributed by atoms with E-state index in [1.165, 1.54) is 0 Å². The minimum atomic E-state index is -1.58. The SMILES string of the molecule is C=C[Si](C)(C)O[Si](C)(C)C=C.[Cl][Pt][Cl]. The summed E-state index contributed by atoms with van der Waals surface area (Å²) in [6.45, 7) is 16.2. The molecule has 0 fully saturated rings. The van der Waals surface area contributed by atoms with Crippen molar-refractivity contribution in [3.05, 3.63) is 24.6 Å². The van der Waals surface area contributed by atoms with Crippen molar-refractivity contribution in [1.29, 1.82) is 0 Å². The Hall–Kier alpha value is 1.14. The summed E-state index contributed by atoms with van der Waals surface area (Å²) in [5.41, 5.74) is 3.93. The standard InChI is InChI=1S/C8H18OSi2.2ClH.Pt/c1-7-10(3,4)9-11(5,6)8-2;;;/h7-8H,1-2H2,3-6H3;2*1H;/q;;;+2/p-2. The molecule has 0 aromatic rings. The second-order valence-corrected chi connectivity index (χ2v) is 15.1. The van der Waals surface area contributed by atoms with Crippen LogP contribution in [0, 0.1) is 0 Å². The van der Waals surface area contributed by atoms with Crippen LogP contribution >= 0.6 is 18.8 Å².